The van der Waals surface area contributed by atoms with Gasteiger partial charge in [0, 0.05) is 30.7 Å². The van der Waals surface area contributed by atoms with Crippen LogP contribution in [0.3, 0.4) is 0 Å². The first-order valence-electron chi connectivity index (χ1n) is 12.1. The fourth-order valence-electron chi connectivity index (χ4n) is 4.36. The zero-order valence-electron chi connectivity index (χ0n) is 22.0. The lowest BCUT2D eigenvalue weighted by Gasteiger charge is -2.25. The molecule has 0 radical (unpaired) electrons. The van der Waals surface area contributed by atoms with E-state index in [1.807, 2.05) is 37.3 Å². The Balaban J connectivity index is 1.60. The maximum atomic E-state index is 13.5. The number of hydrogen-bond acceptors (Lipinski definition) is 5. The van der Waals surface area contributed by atoms with Gasteiger partial charge < -0.3 is 14.4 Å². The van der Waals surface area contributed by atoms with Crippen LogP contribution in [0.1, 0.15) is 45.1 Å². The smallest absolute Gasteiger partial charge is 0.416 e. The summed E-state index contributed by atoms with van der Waals surface area (Å²) in [7, 11) is 4.51. The van der Waals surface area contributed by atoms with Crippen molar-refractivity contribution in [3.63, 3.8) is 0 Å². The number of halogens is 3. The summed E-state index contributed by atoms with van der Waals surface area (Å²) in [5.74, 6) is 0.135. The number of likely N-dealkylation sites (N-methyl/N-ethyl adjacent to an activating group) is 1. The molecule has 0 fully saturated rings. The van der Waals surface area contributed by atoms with Gasteiger partial charge in [-0.2, -0.15) is 18.3 Å². The van der Waals surface area contributed by atoms with Gasteiger partial charge in [-0.1, -0.05) is 29.8 Å². The molecule has 3 aromatic carbocycles. The number of rotatable bonds is 7. The van der Waals surface area contributed by atoms with Gasteiger partial charge in [-0.15, -0.1) is 0 Å². The molecule has 2 amide bonds. The number of amides is 2. The Bertz CT molecular complexity index is 1390. The van der Waals surface area contributed by atoms with Crippen LogP contribution >= 0.6 is 0 Å². The predicted molar refractivity (Wildman–Crippen MR) is 140 cm³/mol. The maximum absolute atomic E-state index is 13.5. The molecule has 1 aliphatic heterocycles. The second kappa shape index (κ2) is 11.2. The minimum atomic E-state index is -4.51. The van der Waals surface area contributed by atoms with Gasteiger partial charge in [0.25, 0.3) is 11.8 Å². The number of benzene rings is 3. The van der Waals surface area contributed by atoms with Crippen LogP contribution in [-0.2, 0) is 11.0 Å². The van der Waals surface area contributed by atoms with Crippen molar-refractivity contribution in [2.75, 3.05) is 27.8 Å². The number of hydrogen-bond donors (Lipinski definition) is 0. The van der Waals surface area contributed by atoms with Gasteiger partial charge in [-0.25, -0.2) is 5.01 Å². The van der Waals surface area contributed by atoms with Crippen LogP contribution in [0, 0.1) is 6.92 Å². The summed E-state index contributed by atoms with van der Waals surface area (Å²) in [6.07, 6.45) is -4.10. The Morgan fingerprint density at radius 1 is 1.00 bits per heavy atom. The first-order chi connectivity index (χ1) is 18.5. The van der Waals surface area contributed by atoms with Gasteiger partial charge in [-0.3, -0.25) is 9.59 Å². The van der Waals surface area contributed by atoms with Gasteiger partial charge in [0.15, 0.2) is 0 Å². The summed E-state index contributed by atoms with van der Waals surface area (Å²) in [6.45, 7) is 1.64. The topological polar surface area (TPSA) is 71.4 Å². The van der Waals surface area contributed by atoms with Crippen LogP contribution in [0.4, 0.5) is 13.2 Å². The molecule has 0 saturated carbocycles. The Hall–Kier alpha value is -4.34. The van der Waals surface area contributed by atoms with Crippen molar-refractivity contribution in [2.24, 2.45) is 5.10 Å². The number of carbonyl (C=O) groups excluding carboxylic acids is 2. The number of ether oxygens (including phenoxy) is 2. The molecule has 39 heavy (non-hydrogen) atoms. The summed E-state index contributed by atoms with van der Waals surface area (Å²) >= 11 is 0. The van der Waals surface area contributed by atoms with Gasteiger partial charge in [0.05, 0.1) is 31.5 Å². The minimum absolute atomic E-state index is 0.0435. The van der Waals surface area contributed by atoms with Crippen molar-refractivity contribution >= 4 is 17.5 Å². The van der Waals surface area contributed by atoms with Crippen molar-refractivity contribution in [3.05, 3.63) is 94.5 Å². The van der Waals surface area contributed by atoms with Gasteiger partial charge in [-0.05, 0) is 48.9 Å². The standard InChI is InChI=1S/C29H28F3N3O4/c1-18-5-7-19(8-6-18)25-16-24(23-14-13-22(38-3)15-26(23)39-4)33-35(25)27(36)17-34(2)28(37)20-9-11-21(12-10-20)29(30,31)32/h5-15,25H,16-17H2,1-4H3/t25-/m1/s1. The first kappa shape index (κ1) is 27.7. The number of hydrazone groups is 1. The third kappa shape index (κ3) is 6.05. The summed E-state index contributed by atoms with van der Waals surface area (Å²) in [5, 5.41) is 6.00. The molecular weight excluding hydrogens is 511 g/mol. The summed E-state index contributed by atoms with van der Waals surface area (Å²) < 4.78 is 49.5. The average molecular weight is 540 g/mol. The zero-order chi connectivity index (χ0) is 28.3. The molecule has 0 N–H and O–H groups in total. The molecule has 204 valence electrons. The molecule has 3 aromatic rings. The molecule has 0 aliphatic carbocycles. The SMILES string of the molecule is COc1ccc(C2=NN(C(=O)CN(C)C(=O)c3ccc(C(F)(F)F)cc3)[C@@H](c3ccc(C)cc3)C2)c(OC)c1. The van der Waals surface area contributed by atoms with Crippen molar-refractivity contribution in [1.82, 2.24) is 9.91 Å². The molecule has 1 atom stereocenters. The number of nitrogens with zero attached hydrogens (tertiary/aromatic N) is 3. The fourth-order valence-corrected chi connectivity index (χ4v) is 4.36. The Kier molecular flexibility index (Phi) is 7.94. The second-order valence-electron chi connectivity index (χ2n) is 9.22. The minimum Gasteiger partial charge on any atom is -0.497 e. The van der Waals surface area contributed by atoms with Crippen LogP contribution in [-0.4, -0.2) is 55.2 Å². The van der Waals surface area contributed by atoms with Gasteiger partial charge in [0.1, 0.15) is 18.0 Å². The Labute approximate surface area is 224 Å². The highest BCUT2D eigenvalue weighted by Gasteiger charge is 2.35. The monoisotopic (exact) mass is 539 g/mol. The summed E-state index contributed by atoms with van der Waals surface area (Å²) in [6, 6.07) is 16.6. The molecule has 10 heteroatoms. The summed E-state index contributed by atoms with van der Waals surface area (Å²) in [4.78, 5) is 27.5. The average Bonchev–Trinajstić information content (AvgIpc) is 3.37. The van der Waals surface area contributed by atoms with Crippen LogP contribution in [0.5, 0.6) is 11.5 Å². The van der Waals surface area contributed by atoms with Crippen molar-refractivity contribution in [2.45, 2.75) is 25.6 Å². The number of alkyl halides is 3. The Morgan fingerprint density at radius 2 is 1.67 bits per heavy atom. The van der Waals surface area contributed by atoms with E-state index in [0.29, 0.717) is 29.2 Å². The lowest BCUT2D eigenvalue weighted by Crippen LogP contribution is -2.39. The van der Waals surface area contributed by atoms with E-state index in [-0.39, 0.29) is 12.1 Å². The molecule has 0 saturated heterocycles. The lowest BCUT2D eigenvalue weighted by atomic mass is 9.97. The van der Waals surface area contributed by atoms with Crippen LogP contribution in [0.2, 0.25) is 0 Å². The van der Waals surface area contributed by atoms with E-state index in [9.17, 15) is 22.8 Å². The molecule has 1 heterocycles. The molecule has 0 aromatic heterocycles. The van der Waals surface area contributed by atoms with Crippen molar-refractivity contribution in [3.8, 4) is 11.5 Å². The highest BCUT2D eigenvalue weighted by Crippen LogP contribution is 2.36. The zero-order valence-corrected chi connectivity index (χ0v) is 22.0. The van der Waals surface area contributed by atoms with E-state index in [1.165, 1.54) is 24.1 Å². The van der Waals surface area contributed by atoms with E-state index in [1.54, 1.807) is 19.2 Å². The van der Waals surface area contributed by atoms with Crippen LogP contribution in [0.25, 0.3) is 0 Å². The highest BCUT2D eigenvalue weighted by molar-refractivity contribution is 6.05. The largest absolute Gasteiger partial charge is 0.497 e. The van der Waals surface area contributed by atoms with E-state index in [2.05, 4.69) is 5.10 Å². The molecule has 0 bridgehead atoms. The van der Waals surface area contributed by atoms with Gasteiger partial charge in [0.2, 0.25) is 0 Å². The van der Waals surface area contributed by atoms with E-state index < -0.39 is 29.6 Å². The van der Waals surface area contributed by atoms with Crippen molar-refractivity contribution < 1.29 is 32.2 Å². The molecule has 0 unspecified atom stereocenters. The maximum Gasteiger partial charge on any atom is 0.416 e. The van der Waals surface area contributed by atoms with Crippen LogP contribution < -0.4 is 9.47 Å². The van der Waals surface area contributed by atoms with E-state index in [4.69, 9.17) is 9.47 Å². The number of methoxy groups -OCH3 is 2. The van der Waals surface area contributed by atoms with Gasteiger partial charge >= 0.3 is 6.18 Å². The van der Waals surface area contributed by atoms with Crippen molar-refractivity contribution in [1.29, 1.82) is 0 Å². The second-order valence-corrected chi connectivity index (χ2v) is 9.22. The molecular formula is C29H28F3N3O4. The quantitative estimate of drug-likeness (QED) is 0.399. The Morgan fingerprint density at radius 3 is 2.26 bits per heavy atom. The number of aryl methyl sites for hydroxylation is 1. The third-order valence-electron chi connectivity index (χ3n) is 6.53. The molecule has 0 spiro atoms. The molecule has 7 nitrogen and oxygen atoms in total. The normalized spacial score (nSPS) is 15.1. The van der Waals surface area contributed by atoms with E-state index >= 15 is 0 Å². The number of carbonyl (C=O) groups is 2. The van der Waals surface area contributed by atoms with E-state index in [0.717, 1.165) is 35.4 Å². The molecule has 1 aliphatic rings. The van der Waals surface area contributed by atoms with Crippen LogP contribution in [0.15, 0.2) is 71.8 Å². The fraction of sp³-hybridized carbons (Fsp3) is 0.276. The lowest BCUT2D eigenvalue weighted by molar-refractivity contribution is -0.137. The first-order valence-corrected chi connectivity index (χ1v) is 12.1. The molecule has 4 rings (SSSR count). The third-order valence-corrected chi connectivity index (χ3v) is 6.53. The highest BCUT2D eigenvalue weighted by atomic mass is 19.4. The predicted octanol–water partition coefficient (Wildman–Crippen LogP) is 5.48. The summed E-state index contributed by atoms with van der Waals surface area (Å²) in [5.41, 5.74) is 2.46.